The zero-order valence-electron chi connectivity index (χ0n) is 15.5. The van der Waals surface area contributed by atoms with E-state index in [1.807, 2.05) is 6.08 Å². The first kappa shape index (κ1) is 19.1. The van der Waals surface area contributed by atoms with Crippen LogP contribution in [0, 0.1) is 17.8 Å². The number of rotatable bonds is 1. The van der Waals surface area contributed by atoms with Gasteiger partial charge in [0.1, 0.15) is 5.75 Å². The van der Waals surface area contributed by atoms with Gasteiger partial charge in [-0.15, -0.1) is 0 Å². The molecule has 1 fully saturated rings. The van der Waals surface area contributed by atoms with Gasteiger partial charge in [0.2, 0.25) is 0 Å². The summed E-state index contributed by atoms with van der Waals surface area (Å²) in [5, 5.41) is 20.6. The van der Waals surface area contributed by atoms with Gasteiger partial charge >= 0.3 is 0 Å². The highest BCUT2D eigenvalue weighted by molar-refractivity contribution is 9.12. The first-order valence-electron chi connectivity index (χ1n) is 9.55. The van der Waals surface area contributed by atoms with Crippen LogP contribution in [0.1, 0.15) is 24.3 Å². The number of fused-ring (bicyclic) bond motifs is 3. The summed E-state index contributed by atoms with van der Waals surface area (Å²) in [6.45, 7) is 0. The molecule has 5 rings (SSSR count). The SMILES string of the molecule is O=C1C=C(Br)C(=O)C2=C1[C@@H](c1ccccc1O)C1=CC[C@@H]3C(=O)N(O)C(=O)[C@@H]3[C@@H]1C2. The van der Waals surface area contributed by atoms with Gasteiger partial charge in [-0.1, -0.05) is 29.8 Å². The van der Waals surface area contributed by atoms with Gasteiger partial charge in [0.05, 0.1) is 16.3 Å². The van der Waals surface area contributed by atoms with Crippen molar-refractivity contribution in [3.8, 4) is 5.75 Å². The maximum atomic E-state index is 13.0. The van der Waals surface area contributed by atoms with Crippen molar-refractivity contribution in [1.29, 1.82) is 0 Å². The van der Waals surface area contributed by atoms with Crippen LogP contribution >= 0.6 is 15.9 Å². The highest BCUT2D eigenvalue weighted by Gasteiger charge is 2.56. The van der Waals surface area contributed by atoms with Gasteiger partial charge in [-0.05, 0) is 40.8 Å². The Morgan fingerprint density at radius 2 is 1.77 bits per heavy atom. The summed E-state index contributed by atoms with van der Waals surface area (Å²) in [6.07, 6.45) is 3.42. The Morgan fingerprint density at radius 1 is 1.03 bits per heavy atom. The van der Waals surface area contributed by atoms with E-state index in [1.54, 1.807) is 18.2 Å². The number of phenols is 1. The average molecular weight is 470 g/mol. The largest absolute Gasteiger partial charge is 0.508 e. The van der Waals surface area contributed by atoms with Crippen molar-refractivity contribution in [2.45, 2.75) is 18.8 Å². The standard InChI is InChI=1S/C22H16BrNO6/c23-14-8-16(26)19-13(20(14)27)7-12-9(17(19)10-3-1-2-4-15(10)25)5-6-11-18(12)22(29)24(30)21(11)28/h1-5,8,11-12,17-18,25,30H,6-7H2/t11-,12+,17+,18-/m0/s1. The molecule has 1 heterocycles. The zero-order chi connectivity index (χ0) is 21.3. The van der Waals surface area contributed by atoms with E-state index in [4.69, 9.17) is 0 Å². The van der Waals surface area contributed by atoms with Crippen molar-refractivity contribution in [2.24, 2.45) is 17.8 Å². The number of carbonyl (C=O) groups excluding carboxylic acids is 4. The van der Waals surface area contributed by atoms with Crippen molar-refractivity contribution in [3.63, 3.8) is 0 Å². The van der Waals surface area contributed by atoms with Gasteiger partial charge in [0.25, 0.3) is 11.8 Å². The monoisotopic (exact) mass is 469 g/mol. The Kier molecular flexibility index (Phi) is 4.20. The second-order valence-corrected chi connectivity index (χ2v) is 8.80. The van der Waals surface area contributed by atoms with E-state index in [0.29, 0.717) is 11.1 Å². The van der Waals surface area contributed by atoms with Gasteiger partial charge in [-0.25, -0.2) is 0 Å². The number of allylic oxidation sites excluding steroid dienone is 6. The molecule has 0 spiro atoms. The molecule has 2 amide bonds. The van der Waals surface area contributed by atoms with Gasteiger partial charge in [-0.2, -0.15) is 5.06 Å². The third-order valence-electron chi connectivity index (χ3n) is 6.56. The van der Waals surface area contributed by atoms with Crippen LogP contribution in [0.3, 0.4) is 0 Å². The fourth-order valence-corrected chi connectivity index (χ4v) is 5.72. The van der Waals surface area contributed by atoms with E-state index < -0.39 is 35.5 Å². The molecule has 0 unspecified atom stereocenters. The van der Waals surface area contributed by atoms with Crippen LogP contribution in [-0.2, 0) is 19.2 Å². The molecule has 4 atom stereocenters. The number of benzene rings is 1. The van der Waals surface area contributed by atoms with Crippen LogP contribution in [0.15, 0.2) is 57.6 Å². The minimum atomic E-state index is -0.808. The fourth-order valence-electron chi connectivity index (χ4n) is 5.28. The number of para-hydroxylation sites is 1. The molecular weight excluding hydrogens is 454 g/mol. The predicted molar refractivity (Wildman–Crippen MR) is 106 cm³/mol. The van der Waals surface area contributed by atoms with Gasteiger partial charge in [0, 0.05) is 28.7 Å². The van der Waals surface area contributed by atoms with Gasteiger partial charge in [0.15, 0.2) is 11.6 Å². The Bertz CT molecular complexity index is 1150. The van der Waals surface area contributed by atoms with Crippen LogP contribution in [0.25, 0.3) is 0 Å². The van der Waals surface area contributed by atoms with E-state index >= 15 is 0 Å². The lowest BCUT2D eigenvalue weighted by molar-refractivity contribution is -0.173. The van der Waals surface area contributed by atoms with Crippen LogP contribution in [0.2, 0.25) is 0 Å². The minimum Gasteiger partial charge on any atom is -0.508 e. The molecular formula is C22H16BrNO6. The third-order valence-corrected chi connectivity index (χ3v) is 7.14. The molecule has 4 aliphatic rings. The summed E-state index contributed by atoms with van der Waals surface area (Å²) < 4.78 is 0.139. The average Bonchev–Trinajstić information content (AvgIpc) is 2.95. The molecule has 30 heavy (non-hydrogen) atoms. The third kappa shape index (κ3) is 2.47. The Balaban J connectivity index is 1.73. The Hall–Kier alpha value is -2.84. The molecule has 1 saturated heterocycles. The van der Waals surface area contributed by atoms with Crippen molar-refractivity contribution in [1.82, 2.24) is 5.06 Å². The van der Waals surface area contributed by atoms with Crippen LogP contribution in [-0.4, -0.2) is 38.8 Å². The molecule has 1 aromatic rings. The van der Waals surface area contributed by atoms with Crippen molar-refractivity contribution < 1.29 is 29.5 Å². The lowest BCUT2D eigenvalue weighted by atomic mass is 9.59. The molecule has 2 N–H and O–H groups in total. The number of halogens is 1. The predicted octanol–water partition coefficient (Wildman–Crippen LogP) is 2.54. The van der Waals surface area contributed by atoms with Crippen LogP contribution < -0.4 is 0 Å². The summed E-state index contributed by atoms with van der Waals surface area (Å²) in [4.78, 5) is 50.9. The number of imide groups is 1. The number of carbonyl (C=O) groups is 4. The molecule has 0 radical (unpaired) electrons. The summed E-state index contributed by atoms with van der Waals surface area (Å²) in [7, 11) is 0. The number of hydroxylamine groups is 2. The number of hydrogen-bond acceptors (Lipinski definition) is 6. The Labute approximate surface area is 179 Å². The van der Waals surface area contributed by atoms with E-state index in [0.717, 1.165) is 5.57 Å². The van der Waals surface area contributed by atoms with Crippen molar-refractivity contribution >= 4 is 39.3 Å². The molecule has 7 nitrogen and oxygen atoms in total. The lowest BCUT2D eigenvalue weighted by Gasteiger charge is -2.42. The zero-order valence-corrected chi connectivity index (χ0v) is 17.1. The molecule has 1 aliphatic heterocycles. The van der Waals surface area contributed by atoms with Crippen molar-refractivity contribution in [2.75, 3.05) is 0 Å². The number of aromatic hydroxyl groups is 1. The smallest absolute Gasteiger partial charge is 0.257 e. The molecule has 8 heteroatoms. The van der Waals surface area contributed by atoms with E-state index in [9.17, 15) is 29.5 Å². The number of phenolic OH excluding ortho intramolecular Hbond substituents is 1. The van der Waals surface area contributed by atoms with Crippen molar-refractivity contribution in [3.05, 3.63) is 63.2 Å². The van der Waals surface area contributed by atoms with E-state index in [-0.39, 0.29) is 45.3 Å². The second-order valence-electron chi connectivity index (χ2n) is 7.94. The first-order valence-corrected chi connectivity index (χ1v) is 10.3. The number of hydrogen-bond donors (Lipinski definition) is 2. The lowest BCUT2D eigenvalue weighted by Crippen LogP contribution is -2.39. The first-order chi connectivity index (χ1) is 14.3. The quantitative estimate of drug-likeness (QED) is 0.283. The van der Waals surface area contributed by atoms with E-state index in [1.165, 1.54) is 12.1 Å². The molecule has 152 valence electrons. The highest BCUT2D eigenvalue weighted by Crippen LogP contribution is 2.55. The number of ketones is 2. The number of nitrogens with zero attached hydrogens (tertiary/aromatic N) is 1. The number of Topliss-reactive ketones (excluding diaryl/α,β-unsaturated/α-hetero) is 1. The summed E-state index contributed by atoms with van der Waals surface area (Å²) in [6, 6.07) is 6.58. The summed E-state index contributed by atoms with van der Waals surface area (Å²) in [5.41, 5.74) is 1.76. The van der Waals surface area contributed by atoms with E-state index in [2.05, 4.69) is 15.9 Å². The van der Waals surface area contributed by atoms with Gasteiger partial charge in [-0.3, -0.25) is 24.4 Å². The maximum absolute atomic E-state index is 13.0. The molecule has 0 bridgehead atoms. The Morgan fingerprint density at radius 3 is 2.50 bits per heavy atom. The minimum absolute atomic E-state index is 0.0236. The second kappa shape index (κ2) is 6.58. The summed E-state index contributed by atoms with van der Waals surface area (Å²) in [5.74, 6) is -4.77. The number of amides is 2. The van der Waals surface area contributed by atoms with Crippen LogP contribution in [0.5, 0.6) is 5.75 Å². The fraction of sp³-hybridized carbons (Fsp3) is 0.273. The topological polar surface area (TPSA) is 112 Å². The molecule has 0 saturated carbocycles. The normalized spacial score (nSPS) is 30.7. The highest BCUT2D eigenvalue weighted by atomic mass is 79.9. The molecule has 0 aromatic heterocycles. The van der Waals surface area contributed by atoms with Gasteiger partial charge < -0.3 is 5.11 Å². The maximum Gasteiger partial charge on any atom is 0.257 e. The summed E-state index contributed by atoms with van der Waals surface area (Å²) >= 11 is 3.15. The van der Waals surface area contributed by atoms with Crippen LogP contribution in [0.4, 0.5) is 0 Å². The molecule has 1 aromatic carbocycles. The molecule has 3 aliphatic carbocycles.